The number of aliphatic hydroxyl groups is 1. The minimum absolute atomic E-state index is 0.0865. The second-order valence-corrected chi connectivity index (χ2v) is 6.38. The Kier molecular flexibility index (Phi) is 5.53. The zero-order chi connectivity index (χ0) is 18.5. The number of benzene rings is 2. The molecule has 1 aliphatic heterocycles. The Morgan fingerprint density at radius 2 is 2.04 bits per heavy atom. The summed E-state index contributed by atoms with van der Waals surface area (Å²) in [5.41, 5.74) is 2.60. The van der Waals surface area contributed by atoms with Gasteiger partial charge in [-0.2, -0.15) is 0 Å². The number of aryl methyl sites for hydroxylation is 1. The lowest BCUT2D eigenvalue weighted by Gasteiger charge is -2.29. The van der Waals surface area contributed by atoms with Crippen LogP contribution in [0.5, 0.6) is 5.75 Å². The van der Waals surface area contributed by atoms with Gasteiger partial charge in [0.25, 0.3) is 5.91 Å². The van der Waals surface area contributed by atoms with Crippen molar-refractivity contribution >= 4 is 17.5 Å². The maximum Gasteiger partial charge on any atom is 0.265 e. The highest BCUT2D eigenvalue weighted by Crippen LogP contribution is 2.32. The largest absolute Gasteiger partial charge is 0.482 e. The predicted molar refractivity (Wildman–Crippen MR) is 98.2 cm³/mol. The fraction of sp³-hybridized carbons (Fsp3) is 0.300. The molecule has 2 amide bonds. The first-order valence-corrected chi connectivity index (χ1v) is 8.55. The monoisotopic (exact) mass is 354 g/mol. The standard InChI is InChI=1S/C20H22N2O4/c1-14-7-8-18-17(9-14)22(20(25)13-26-18)11-19(24)21-16(12-23)10-15-5-3-2-4-6-15/h2-9,16,23H,10-13H2,1H3,(H,21,24)/t16-/m1/s1. The predicted octanol–water partition coefficient (Wildman–Crippen LogP) is 1.44. The van der Waals surface area contributed by atoms with Crippen LogP contribution in [-0.2, 0) is 16.0 Å². The van der Waals surface area contributed by atoms with Crippen LogP contribution < -0.4 is 15.0 Å². The van der Waals surface area contributed by atoms with Gasteiger partial charge in [0.15, 0.2) is 6.61 Å². The van der Waals surface area contributed by atoms with Crippen molar-refractivity contribution in [1.29, 1.82) is 0 Å². The SMILES string of the molecule is Cc1ccc2c(c1)N(CC(=O)N[C@@H](CO)Cc1ccccc1)C(=O)CO2. The van der Waals surface area contributed by atoms with Crippen molar-refractivity contribution in [3.8, 4) is 5.75 Å². The number of amides is 2. The summed E-state index contributed by atoms with van der Waals surface area (Å²) in [6, 6.07) is 14.8. The van der Waals surface area contributed by atoms with Crippen molar-refractivity contribution in [1.82, 2.24) is 5.32 Å². The van der Waals surface area contributed by atoms with E-state index < -0.39 is 6.04 Å². The number of hydrogen-bond donors (Lipinski definition) is 2. The van der Waals surface area contributed by atoms with Gasteiger partial charge in [-0.1, -0.05) is 36.4 Å². The number of carbonyl (C=O) groups excluding carboxylic acids is 2. The van der Waals surface area contributed by atoms with Gasteiger partial charge < -0.3 is 15.2 Å². The summed E-state index contributed by atoms with van der Waals surface area (Å²) in [5.74, 6) is 0.00976. The van der Waals surface area contributed by atoms with Crippen LogP contribution in [-0.4, -0.2) is 42.7 Å². The molecular formula is C20H22N2O4. The Labute approximate surface area is 152 Å². The number of nitrogens with one attached hydrogen (secondary N) is 1. The first-order valence-electron chi connectivity index (χ1n) is 8.55. The Bertz CT molecular complexity index is 792. The van der Waals surface area contributed by atoms with Crippen LogP contribution in [0.4, 0.5) is 5.69 Å². The molecule has 0 fully saturated rings. The molecule has 136 valence electrons. The zero-order valence-corrected chi connectivity index (χ0v) is 14.6. The summed E-state index contributed by atoms with van der Waals surface area (Å²) < 4.78 is 5.42. The molecule has 0 saturated heterocycles. The number of fused-ring (bicyclic) bond motifs is 1. The molecule has 0 spiro atoms. The second kappa shape index (κ2) is 8.01. The van der Waals surface area contributed by atoms with Crippen LogP contribution in [0, 0.1) is 6.92 Å². The lowest BCUT2D eigenvalue weighted by molar-refractivity contribution is -0.125. The van der Waals surface area contributed by atoms with Crippen molar-refractivity contribution < 1.29 is 19.4 Å². The molecule has 1 heterocycles. The third-order valence-electron chi connectivity index (χ3n) is 4.27. The van der Waals surface area contributed by atoms with E-state index in [0.717, 1.165) is 11.1 Å². The molecule has 2 aromatic rings. The molecule has 6 heteroatoms. The molecule has 0 aromatic heterocycles. The van der Waals surface area contributed by atoms with E-state index in [0.29, 0.717) is 17.9 Å². The van der Waals surface area contributed by atoms with Gasteiger partial charge in [0, 0.05) is 0 Å². The lowest BCUT2D eigenvalue weighted by Crippen LogP contribution is -2.48. The van der Waals surface area contributed by atoms with Crippen LogP contribution in [0.3, 0.4) is 0 Å². The van der Waals surface area contributed by atoms with Gasteiger partial charge in [0.05, 0.1) is 18.3 Å². The molecule has 1 aliphatic rings. The number of hydrogen-bond acceptors (Lipinski definition) is 4. The van der Waals surface area contributed by atoms with Crippen LogP contribution in [0.15, 0.2) is 48.5 Å². The maximum absolute atomic E-state index is 12.5. The summed E-state index contributed by atoms with van der Waals surface area (Å²) in [6.45, 7) is 1.55. The Hall–Kier alpha value is -2.86. The van der Waals surface area contributed by atoms with E-state index in [4.69, 9.17) is 4.74 Å². The second-order valence-electron chi connectivity index (χ2n) is 6.38. The van der Waals surface area contributed by atoms with Crippen molar-refractivity contribution in [2.45, 2.75) is 19.4 Å². The normalized spacial score (nSPS) is 14.4. The molecule has 2 aromatic carbocycles. The summed E-state index contributed by atoms with van der Waals surface area (Å²) in [6.07, 6.45) is 0.524. The van der Waals surface area contributed by atoms with Crippen LogP contribution >= 0.6 is 0 Å². The summed E-state index contributed by atoms with van der Waals surface area (Å²) in [4.78, 5) is 26.1. The quantitative estimate of drug-likeness (QED) is 0.823. The molecule has 0 saturated carbocycles. The summed E-state index contributed by atoms with van der Waals surface area (Å²) in [7, 11) is 0. The average Bonchev–Trinajstić information content (AvgIpc) is 2.64. The fourth-order valence-electron chi connectivity index (χ4n) is 2.96. The number of carbonyl (C=O) groups is 2. The van der Waals surface area contributed by atoms with Crippen molar-refractivity contribution in [3.63, 3.8) is 0 Å². The first-order chi connectivity index (χ1) is 12.6. The van der Waals surface area contributed by atoms with E-state index in [1.807, 2.05) is 49.4 Å². The molecule has 0 unspecified atom stereocenters. The summed E-state index contributed by atoms with van der Waals surface area (Å²) >= 11 is 0. The molecule has 0 aliphatic carbocycles. The molecule has 1 atom stereocenters. The average molecular weight is 354 g/mol. The van der Waals surface area contributed by atoms with Gasteiger partial charge >= 0.3 is 0 Å². The highest BCUT2D eigenvalue weighted by molar-refractivity contribution is 6.02. The number of nitrogens with zero attached hydrogens (tertiary/aromatic N) is 1. The molecular weight excluding hydrogens is 332 g/mol. The van der Waals surface area contributed by atoms with E-state index >= 15 is 0 Å². The third kappa shape index (κ3) is 4.21. The molecule has 26 heavy (non-hydrogen) atoms. The Morgan fingerprint density at radius 1 is 1.27 bits per heavy atom. The highest BCUT2D eigenvalue weighted by atomic mass is 16.5. The van der Waals surface area contributed by atoms with Gasteiger partial charge in [0.1, 0.15) is 12.3 Å². The molecule has 6 nitrogen and oxygen atoms in total. The zero-order valence-electron chi connectivity index (χ0n) is 14.6. The van der Waals surface area contributed by atoms with Crippen LogP contribution in [0.2, 0.25) is 0 Å². The van der Waals surface area contributed by atoms with E-state index in [1.54, 1.807) is 6.07 Å². The number of rotatable bonds is 6. The number of ether oxygens (including phenoxy) is 1. The van der Waals surface area contributed by atoms with E-state index in [-0.39, 0.29) is 31.6 Å². The third-order valence-corrected chi connectivity index (χ3v) is 4.27. The molecule has 0 bridgehead atoms. The number of aliphatic hydroxyl groups excluding tert-OH is 1. The summed E-state index contributed by atoms with van der Waals surface area (Å²) in [5, 5.41) is 12.4. The highest BCUT2D eigenvalue weighted by Gasteiger charge is 2.28. The van der Waals surface area contributed by atoms with Gasteiger partial charge in [-0.25, -0.2) is 0 Å². The first kappa shape index (κ1) is 17.9. The maximum atomic E-state index is 12.5. The minimum Gasteiger partial charge on any atom is -0.482 e. The van der Waals surface area contributed by atoms with Crippen molar-refractivity contribution in [2.75, 3.05) is 24.7 Å². The van der Waals surface area contributed by atoms with Gasteiger partial charge in [-0.3, -0.25) is 14.5 Å². The van der Waals surface area contributed by atoms with Gasteiger partial charge in [-0.15, -0.1) is 0 Å². The Balaban J connectivity index is 1.67. The van der Waals surface area contributed by atoms with Crippen molar-refractivity contribution in [3.05, 3.63) is 59.7 Å². The minimum atomic E-state index is -0.405. The van der Waals surface area contributed by atoms with Crippen molar-refractivity contribution in [2.24, 2.45) is 0 Å². The fourth-order valence-corrected chi connectivity index (χ4v) is 2.96. The van der Waals surface area contributed by atoms with Crippen LogP contribution in [0.25, 0.3) is 0 Å². The molecule has 0 radical (unpaired) electrons. The van der Waals surface area contributed by atoms with Crippen LogP contribution in [0.1, 0.15) is 11.1 Å². The topological polar surface area (TPSA) is 78.9 Å². The van der Waals surface area contributed by atoms with E-state index in [1.165, 1.54) is 4.90 Å². The van der Waals surface area contributed by atoms with E-state index in [2.05, 4.69) is 5.32 Å². The van der Waals surface area contributed by atoms with Gasteiger partial charge in [0.2, 0.25) is 5.91 Å². The lowest BCUT2D eigenvalue weighted by atomic mass is 10.1. The number of anilines is 1. The van der Waals surface area contributed by atoms with E-state index in [9.17, 15) is 14.7 Å². The van der Waals surface area contributed by atoms with Gasteiger partial charge in [-0.05, 0) is 36.6 Å². The molecule has 3 rings (SSSR count). The smallest absolute Gasteiger partial charge is 0.265 e. The molecule has 2 N–H and O–H groups in total. The Morgan fingerprint density at radius 3 is 2.77 bits per heavy atom.